The molecule has 0 radical (unpaired) electrons. The number of halogens is 1. The predicted molar refractivity (Wildman–Crippen MR) is 81.2 cm³/mol. The molecule has 4 nitrogen and oxygen atoms in total. The smallest absolute Gasteiger partial charge is 0.255 e. The van der Waals surface area contributed by atoms with Gasteiger partial charge in [0.05, 0.1) is 12.7 Å². The molecular weight excluding hydrogens is 330 g/mol. The molecule has 0 saturated heterocycles. The number of amides is 1. The van der Waals surface area contributed by atoms with Crippen LogP contribution in [0.25, 0.3) is 0 Å². The number of rotatable bonds is 6. The van der Waals surface area contributed by atoms with Crippen LogP contribution in [0.5, 0.6) is 5.75 Å². The van der Waals surface area contributed by atoms with Crippen LogP contribution in [0.3, 0.4) is 0 Å². The average molecular weight is 348 g/mol. The molecule has 2 unspecified atom stereocenters. The van der Waals surface area contributed by atoms with Crippen molar-refractivity contribution in [1.29, 1.82) is 0 Å². The van der Waals surface area contributed by atoms with Gasteiger partial charge in [-0.15, -0.1) is 0 Å². The van der Waals surface area contributed by atoms with E-state index in [0.717, 1.165) is 4.47 Å². The first-order valence-corrected chi connectivity index (χ1v) is 8.40. The molecule has 1 aromatic carbocycles. The number of nitrogens with one attached hydrogen (secondary N) is 1. The lowest BCUT2D eigenvalue weighted by Gasteiger charge is -2.15. The fraction of sp³-hybridized carbons (Fsp3) is 0.462. The third-order valence-electron chi connectivity index (χ3n) is 2.62. The van der Waals surface area contributed by atoms with E-state index in [-0.39, 0.29) is 11.9 Å². The van der Waals surface area contributed by atoms with E-state index < -0.39 is 10.8 Å². The van der Waals surface area contributed by atoms with Gasteiger partial charge in [-0.25, -0.2) is 0 Å². The van der Waals surface area contributed by atoms with Gasteiger partial charge in [-0.2, -0.15) is 0 Å². The quantitative estimate of drug-likeness (QED) is 0.859. The summed E-state index contributed by atoms with van der Waals surface area (Å²) in [5, 5.41) is 2.88. The van der Waals surface area contributed by atoms with E-state index in [0.29, 0.717) is 23.5 Å². The Hall–Kier alpha value is -0.880. The number of benzene rings is 1. The molecule has 0 aromatic heterocycles. The lowest BCUT2D eigenvalue weighted by molar-refractivity contribution is 0.0936. The van der Waals surface area contributed by atoms with Gasteiger partial charge in [0.2, 0.25) is 0 Å². The second-order valence-corrected chi connectivity index (χ2v) is 6.76. The highest BCUT2D eigenvalue weighted by Crippen LogP contribution is 2.23. The second kappa shape index (κ2) is 7.65. The van der Waals surface area contributed by atoms with Gasteiger partial charge >= 0.3 is 0 Å². The molecule has 106 valence electrons. The molecule has 0 fully saturated rings. The molecule has 0 heterocycles. The van der Waals surface area contributed by atoms with Crippen LogP contribution < -0.4 is 10.1 Å². The Morgan fingerprint density at radius 2 is 2.21 bits per heavy atom. The van der Waals surface area contributed by atoms with Crippen molar-refractivity contribution in [3.05, 3.63) is 28.2 Å². The standard InChI is InChI=1S/C13H18BrNO3S/c1-9(6-7-19(3)17)15-13(16)11-5-4-10(14)8-12(11)18-2/h4-5,8-9H,6-7H2,1-3H3,(H,15,16). The molecule has 1 rings (SSSR count). The van der Waals surface area contributed by atoms with Gasteiger partial charge in [0.25, 0.3) is 5.91 Å². The topological polar surface area (TPSA) is 55.4 Å². The normalized spacial score (nSPS) is 13.7. The van der Waals surface area contributed by atoms with E-state index in [1.807, 2.05) is 6.92 Å². The second-order valence-electron chi connectivity index (χ2n) is 4.29. The monoisotopic (exact) mass is 347 g/mol. The maximum Gasteiger partial charge on any atom is 0.255 e. The van der Waals surface area contributed by atoms with Crippen LogP contribution in [0, 0.1) is 0 Å². The third-order valence-corrected chi connectivity index (χ3v) is 3.93. The largest absolute Gasteiger partial charge is 0.496 e. The first-order chi connectivity index (χ1) is 8.93. The number of carbonyl (C=O) groups excluding carboxylic acids is 1. The van der Waals surface area contributed by atoms with Crippen LogP contribution in [0.4, 0.5) is 0 Å². The zero-order valence-corrected chi connectivity index (χ0v) is 13.6. The predicted octanol–water partition coefficient (Wildman–Crippen LogP) is 2.34. The average Bonchev–Trinajstić information content (AvgIpc) is 2.35. The lowest BCUT2D eigenvalue weighted by atomic mass is 10.1. The molecule has 0 aliphatic rings. The SMILES string of the molecule is COc1cc(Br)ccc1C(=O)NC(C)CCS(C)=O. The van der Waals surface area contributed by atoms with Gasteiger partial charge in [0, 0.05) is 33.3 Å². The zero-order chi connectivity index (χ0) is 14.4. The maximum absolute atomic E-state index is 12.1. The molecule has 19 heavy (non-hydrogen) atoms. The van der Waals surface area contributed by atoms with Gasteiger partial charge in [-0.05, 0) is 31.5 Å². The van der Waals surface area contributed by atoms with Crippen LogP contribution >= 0.6 is 15.9 Å². The van der Waals surface area contributed by atoms with Gasteiger partial charge in [-0.1, -0.05) is 15.9 Å². The van der Waals surface area contributed by atoms with Crippen LogP contribution in [-0.2, 0) is 10.8 Å². The van der Waals surface area contributed by atoms with Crippen molar-refractivity contribution < 1.29 is 13.7 Å². The van der Waals surface area contributed by atoms with Crippen LogP contribution in [0.1, 0.15) is 23.7 Å². The zero-order valence-electron chi connectivity index (χ0n) is 11.2. The van der Waals surface area contributed by atoms with Gasteiger partial charge in [-0.3, -0.25) is 9.00 Å². The van der Waals surface area contributed by atoms with Crippen molar-refractivity contribution >= 4 is 32.6 Å². The van der Waals surface area contributed by atoms with Crippen molar-refractivity contribution in [3.8, 4) is 5.75 Å². The maximum atomic E-state index is 12.1. The fourth-order valence-electron chi connectivity index (χ4n) is 1.57. The summed E-state index contributed by atoms with van der Waals surface area (Å²) in [6.45, 7) is 1.90. The van der Waals surface area contributed by atoms with E-state index in [4.69, 9.17) is 4.74 Å². The van der Waals surface area contributed by atoms with E-state index in [1.54, 1.807) is 24.5 Å². The number of carbonyl (C=O) groups is 1. The molecule has 2 atom stereocenters. The highest BCUT2D eigenvalue weighted by molar-refractivity contribution is 9.10. The molecule has 1 aromatic rings. The van der Waals surface area contributed by atoms with Crippen molar-refractivity contribution in [2.75, 3.05) is 19.1 Å². The minimum Gasteiger partial charge on any atom is -0.496 e. The Balaban J connectivity index is 2.70. The molecule has 0 saturated carbocycles. The summed E-state index contributed by atoms with van der Waals surface area (Å²) in [7, 11) is 0.693. The summed E-state index contributed by atoms with van der Waals surface area (Å²) in [4.78, 5) is 12.1. The summed E-state index contributed by atoms with van der Waals surface area (Å²) in [6, 6.07) is 5.23. The summed E-state index contributed by atoms with van der Waals surface area (Å²) in [6.07, 6.45) is 2.35. The van der Waals surface area contributed by atoms with Crippen LogP contribution in [-0.4, -0.2) is 35.3 Å². The van der Waals surface area contributed by atoms with E-state index >= 15 is 0 Å². The van der Waals surface area contributed by atoms with Gasteiger partial charge in [0.1, 0.15) is 5.75 Å². The van der Waals surface area contributed by atoms with E-state index in [2.05, 4.69) is 21.2 Å². The molecule has 1 amide bonds. The minimum atomic E-state index is -0.837. The first kappa shape index (κ1) is 16.2. The molecule has 6 heteroatoms. The highest BCUT2D eigenvalue weighted by Gasteiger charge is 2.14. The summed E-state index contributed by atoms with van der Waals surface area (Å²) in [5.74, 6) is 0.927. The molecule has 0 spiro atoms. The first-order valence-electron chi connectivity index (χ1n) is 5.88. The molecular formula is C13H18BrNO3S. The summed E-state index contributed by atoms with van der Waals surface area (Å²) < 4.78 is 17.1. The van der Waals surface area contributed by atoms with Crippen molar-refractivity contribution in [2.24, 2.45) is 0 Å². The van der Waals surface area contributed by atoms with Crippen molar-refractivity contribution in [2.45, 2.75) is 19.4 Å². The molecule has 0 aliphatic heterocycles. The third kappa shape index (κ3) is 5.32. The van der Waals surface area contributed by atoms with Gasteiger partial charge < -0.3 is 10.1 Å². The van der Waals surface area contributed by atoms with Crippen LogP contribution in [0.15, 0.2) is 22.7 Å². The Bertz CT molecular complexity index is 479. The minimum absolute atomic E-state index is 0.0234. The van der Waals surface area contributed by atoms with Crippen molar-refractivity contribution in [1.82, 2.24) is 5.32 Å². The lowest BCUT2D eigenvalue weighted by Crippen LogP contribution is -2.33. The number of methoxy groups -OCH3 is 1. The highest BCUT2D eigenvalue weighted by atomic mass is 79.9. The number of hydrogen-bond acceptors (Lipinski definition) is 3. The van der Waals surface area contributed by atoms with E-state index in [1.165, 1.54) is 7.11 Å². The number of hydrogen-bond donors (Lipinski definition) is 1. The molecule has 0 aliphatic carbocycles. The van der Waals surface area contributed by atoms with Gasteiger partial charge in [0.15, 0.2) is 0 Å². The number of ether oxygens (including phenoxy) is 1. The molecule has 1 N–H and O–H groups in total. The molecule has 0 bridgehead atoms. The van der Waals surface area contributed by atoms with E-state index in [9.17, 15) is 9.00 Å². The Morgan fingerprint density at radius 1 is 1.53 bits per heavy atom. The Labute approximate surface area is 124 Å². The summed E-state index contributed by atoms with van der Waals surface area (Å²) >= 11 is 3.33. The fourth-order valence-corrected chi connectivity index (χ4v) is 2.59. The van der Waals surface area contributed by atoms with Crippen LogP contribution in [0.2, 0.25) is 0 Å². The van der Waals surface area contributed by atoms with Crippen molar-refractivity contribution in [3.63, 3.8) is 0 Å². The summed E-state index contributed by atoms with van der Waals surface area (Å²) in [5.41, 5.74) is 0.496. The Morgan fingerprint density at radius 3 is 2.79 bits per heavy atom. The Kier molecular flexibility index (Phi) is 6.51.